The van der Waals surface area contributed by atoms with Gasteiger partial charge in [0.25, 0.3) is 0 Å². The summed E-state index contributed by atoms with van der Waals surface area (Å²) in [5.74, 6) is 0. The van der Waals surface area contributed by atoms with Gasteiger partial charge in [-0.3, -0.25) is 0 Å². The van der Waals surface area contributed by atoms with Crippen LogP contribution in [0.2, 0.25) is 0 Å². The van der Waals surface area contributed by atoms with E-state index < -0.39 is 0 Å². The first-order valence-corrected chi connectivity index (χ1v) is 9.59. The van der Waals surface area contributed by atoms with Crippen LogP contribution in [-0.4, -0.2) is 18.5 Å². The summed E-state index contributed by atoms with van der Waals surface area (Å²) in [5, 5.41) is 8.47. The molecule has 0 aliphatic carbocycles. The topological polar surface area (TPSA) is 43.2 Å². The maximum atomic E-state index is 5.77. The van der Waals surface area contributed by atoms with Crippen LogP contribution in [0.4, 0.5) is 0 Å². The van der Waals surface area contributed by atoms with Gasteiger partial charge in [0.1, 0.15) is 13.7 Å². The van der Waals surface area contributed by atoms with Gasteiger partial charge in [0.2, 0.25) is 0 Å². The lowest BCUT2D eigenvalue weighted by atomic mass is 9.97. The predicted octanol–water partition coefficient (Wildman–Crippen LogP) is 5.97. The van der Waals surface area contributed by atoms with Gasteiger partial charge >= 0.3 is 0 Å². The van der Waals surface area contributed by atoms with Gasteiger partial charge in [0.15, 0.2) is 0 Å². The van der Waals surface area contributed by atoms with Crippen LogP contribution < -0.4 is 0 Å². The zero-order valence-electron chi connectivity index (χ0n) is 17.3. The Kier molecular flexibility index (Phi) is 6.80. The van der Waals surface area contributed by atoms with Crippen molar-refractivity contribution >= 4 is 11.4 Å². The molecule has 0 radical (unpaired) electrons. The molecule has 0 bridgehead atoms. The molecule has 0 amide bonds. The SMILES string of the molecule is CO/N=C(/C)c1cccc(C)c1CO/N=C(\C)c1ccccc1-c1ccccc1. The summed E-state index contributed by atoms with van der Waals surface area (Å²) in [6.45, 7) is 6.32. The molecule has 0 heterocycles. The summed E-state index contributed by atoms with van der Waals surface area (Å²) in [7, 11) is 1.55. The van der Waals surface area contributed by atoms with Gasteiger partial charge in [0, 0.05) is 16.7 Å². The fourth-order valence-corrected chi connectivity index (χ4v) is 3.33. The highest BCUT2D eigenvalue weighted by molar-refractivity contribution is 6.04. The summed E-state index contributed by atoms with van der Waals surface area (Å²) in [6.07, 6.45) is 0. The van der Waals surface area contributed by atoms with Crippen LogP contribution in [-0.2, 0) is 16.3 Å². The van der Waals surface area contributed by atoms with Crippen LogP contribution in [0.3, 0.4) is 0 Å². The quantitative estimate of drug-likeness (QED) is 0.371. The third kappa shape index (κ3) is 4.91. The number of nitrogens with zero attached hydrogens (tertiary/aromatic N) is 2. The van der Waals surface area contributed by atoms with E-state index in [1.807, 2.05) is 56.3 Å². The fourth-order valence-electron chi connectivity index (χ4n) is 3.33. The van der Waals surface area contributed by atoms with E-state index in [2.05, 4.69) is 47.6 Å². The molecule has 0 N–H and O–H groups in total. The van der Waals surface area contributed by atoms with Crippen LogP contribution in [0.15, 0.2) is 83.1 Å². The van der Waals surface area contributed by atoms with Gasteiger partial charge in [-0.25, -0.2) is 0 Å². The highest BCUT2D eigenvalue weighted by Gasteiger charge is 2.11. The van der Waals surface area contributed by atoms with Crippen molar-refractivity contribution in [1.82, 2.24) is 0 Å². The summed E-state index contributed by atoms with van der Waals surface area (Å²) in [6, 6.07) is 24.6. The lowest BCUT2D eigenvalue weighted by Gasteiger charge is -2.12. The lowest BCUT2D eigenvalue weighted by Crippen LogP contribution is -2.05. The molecule has 4 nitrogen and oxygen atoms in total. The van der Waals surface area contributed by atoms with E-state index in [1.165, 1.54) is 0 Å². The van der Waals surface area contributed by atoms with Crippen LogP contribution in [0, 0.1) is 6.92 Å². The molecule has 4 heteroatoms. The van der Waals surface area contributed by atoms with Gasteiger partial charge < -0.3 is 9.68 Å². The number of hydrogen-bond acceptors (Lipinski definition) is 4. The summed E-state index contributed by atoms with van der Waals surface area (Å²) in [5.41, 5.74) is 8.18. The molecule has 0 atom stereocenters. The van der Waals surface area contributed by atoms with Crippen molar-refractivity contribution in [2.24, 2.45) is 10.3 Å². The van der Waals surface area contributed by atoms with Crippen molar-refractivity contribution in [1.29, 1.82) is 0 Å². The second-order valence-electron chi connectivity index (χ2n) is 6.82. The average Bonchev–Trinajstić information content (AvgIpc) is 2.75. The number of rotatable bonds is 7. The van der Waals surface area contributed by atoms with E-state index in [0.29, 0.717) is 6.61 Å². The minimum Gasteiger partial charge on any atom is -0.399 e. The zero-order chi connectivity index (χ0) is 20.6. The second kappa shape index (κ2) is 9.69. The maximum absolute atomic E-state index is 5.77. The molecular weight excluding hydrogens is 360 g/mol. The molecule has 3 aromatic carbocycles. The van der Waals surface area contributed by atoms with Crippen LogP contribution in [0.5, 0.6) is 0 Å². The Morgan fingerprint density at radius 1 is 0.759 bits per heavy atom. The highest BCUT2D eigenvalue weighted by Crippen LogP contribution is 2.24. The highest BCUT2D eigenvalue weighted by atomic mass is 16.6. The molecule has 3 aromatic rings. The van der Waals surface area contributed by atoms with Crippen molar-refractivity contribution in [2.75, 3.05) is 7.11 Å². The van der Waals surface area contributed by atoms with E-state index in [-0.39, 0.29) is 0 Å². The first-order chi connectivity index (χ1) is 14.1. The Hall–Kier alpha value is -3.40. The maximum Gasteiger partial charge on any atom is 0.143 e. The number of oxime groups is 2. The van der Waals surface area contributed by atoms with Crippen molar-refractivity contribution in [3.63, 3.8) is 0 Å². The van der Waals surface area contributed by atoms with Gasteiger partial charge in [-0.05, 0) is 37.5 Å². The molecule has 0 spiro atoms. The molecule has 0 unspecified atom stereocenters. The Morgan fingerprint density at radius 2 is 1.41 bits per heavy atom. The molecular formula is C25H26N2O2. The first kappa shape index (κ1) is 20.3. The zero-order valence-corrected chi connectivity index (χ0v) is 17.3. The molecule has 0 aliphatic rings. The van der Waals surface area contributed by atoms with Crippen molar-refractivity contribution < 1.29 is 9.68 Å². The van der Waals surface area contributed by atoms with E-state index in [9.17, 15) is 0 Å². The number of benzene rings is 3. The van der Waals surface area contributed by atoms with Gasteiger partial charge in [-0.15, -0.1) is 0 Å². The minimum atomic E-state index is 0.365. The van der Waals surface area contributed by atoms with Gasteiger partial charge in [0.05, 0.1) is 11.4 Å². The van der Waals surface area contributed by atoms with Crippen LogP contribution in [0.25, 0.3) is 11.1 Å². The molecule has 0 fully saturated rings. The van der Waals surface area contributed by atoms with Gasteiger partial charge in [-0.1, -0.05) is 83.1 Å². The van der Waals surface area contributed by atoms with E-state index in [0.717, 1.165) is 44.8 Å². The molecule has 29 heavy (non-hydrogen) atoms. The van der Waals surface area contributed by atoms with Crippen molar-refractivity contribution in [2.45, 2.75) is 27.4 Å². The number of hydrogen-bond donors (Lipinski definition) is 0. The Balaban J connectivity index is 1.84. The average molecular weight is 386 g/mol. The Morgan fingerprint density at radius 3 is 2.17 bits per heavy atom. The molecule has 0 saturated carbocycles. The molecule has 0 saturated heterocycles. The molecule has 148 valence electrons. The largest absolute Gasteiger partial charge is 0.399 e. The van der Waals surface area contributed by atoms with Crippen molar-refractivity contribution in [3.8, 4) is 11.1 Å². The van der Waals surface area contributed by atoms with Crippen LogP contribution in [0.1, 0.15) is 36.1 Å². The van der Waals surface area contributed by atoms with E-state index in [1.54, 1.807) is 7.11 Å². The molecule has 3 rings (SSSR count). The Labute approximate surface area is 172 Å². The van der Waals surface area contributed by atoms with E-state index >= 15 is 0 Å². The second-order valence-corrected chi connectivity index (χ2v) is 6.82. The normalized spacial score (nSPS) is 12.0. The van der Waals surface area contributed by atoms with Gasteiger partial charge in [-0.2, -0.15) is 0 Å². The standard InChI is InChI=1S/C25H26N2O2/c1-18-11-10-16-23(19(2)26-28-4)25(18)17-29-27-20(3)22-14-8-9-15-24(22)21-12-6-5-7-13-21/h5-16H,17H2,1-4H3/b26-19-,27-20+. The summed E-state index contributed by atoms with van der Waals surface area (Å²) < 4.78 is 0. The van der Waals surface area contributed by atoms with Crippen LogP contribution >= 0.6 is 0 Å². The third-order valence-corrected chi connectivity index (χ3v) is 4.84. The third-order valence-electron chi connectivity index (χ3n) is 4.84. The van der Waals surface area contributed by atoms with Crippen molar-refractivity contribution in [3.05, 3.63) is 95.1 Å². The monoisotopic (exact) mass is 386 g/mol. The summed E-state index contributed by atoms with van der Waals surface area (Å²) in [4.78, 5) is 10.7. The predicted molar refractivity (Wildman–Crippen MR) is 119 cm³/mol. The lowest BCUT2D eigenvalue weighted by molar-refractivity contribution is 0.130. The minimum absolute atomic E-state index is 0.365. The molecule has 0 aromatic heterocycles. The number of aryl methyl sites for hydroxylation is 1. The van der Waals surface area contributed by atoms with E-state index in [4.69, 9.17) is 9.68 Å². The smallest absolute Gasteiger partial charge is 0.143 e. The molecule has 0 aliphatic heterocycles. The fraction of sp³-hybridized carbons (Fsp3) is 0.200. The first-order valence-electron chi connectivity index (χ1n) is 9.59. The Bertz CT molecular complexity index is 1020. The summed E-state index contributed by atoms with van der Waals surface area (Å²) >= 11 is 0.